The second-order valence-corrected chi connectivity index (χ2v) is 7.46. The van der Waals surface area contributed by atoms with Crippen LogP contribution < -0.4 is 0 Å². The van der Waals surface area contributed by atoms with Crippen LogP contribution in [-0.2, 0) is 18.4 Å². The van der Waals surface area contributed by atoms with E-state index in [1.807, 2.05) is 11.0 Å². The first kappa shape index (κ1) is 17.7. The van der Waals surface area contributed by atoms with E-state index in [2.05, 4.69) is 5.10 Å². The summed E-state index contributed by atoms with van der Waals surface area (Å²) in [7, 11) is 1.78. The first-order chi connectivity index (χ1) is 13.0. The molecule has 7 heteroatoms. The summed E-state index contributed by atoms with van der Waals surface area (Å²) in [4.78, 5) is 29.1. The molecule has 2 atom stereocenters. The van der Waals surface area contributed by atoms with Crippen LogP contribution in [0.1, 0.15) is 35.3 Å². The molecule has 6 nitrogen and oxygen atoms in total. The van der Waals surface area contributed by atoms with Crippen LogP contribution in [0.3, 0.4) is 0 Å². The minimum absolute atomic E-state index is 0.0315. The highest BCUT2D eigenvalue weighted by molar-refractivity contribution is 5.92. The predicted molar refractivity (Wildman–Crippen MR) is 97.2 cm³/mol. The Morgan fingerprint density at radius 3 is 2.89 bits per heavy atom. The van der Waals surface area contributed by atoms with Gasteiger partial charge in [-0.15, -0.1) is 0 Å². The number of carbonyl (C=O) groups is 2. The number of halogens is 1. The van der Waals surface area contributed by atoms with Gasteiger partial charge in [-0.05, 0) is 42.5 Å². The van der Waals surface area contributed by atoms with Gasteiger partial charge >= 0.3 is 0 Å². The Labute approximate surface area is 157 Å². The largest absolute Gasteiger partial charge is 0.335 e. The minimum atomic E-state index is -0.301. The van der Waals surface area contributed by atoms with Gasteiger partial charge in [-0.25, -0.2) is 4.39 Å². The number of nitrogens with zero attached hydrogens (tertiary/aromatic N) is 4. The fourth-order valence-corrected chi connectivity index (χ4v) is 4.23. The molecule has 2 fully saturated rings. The van der Waals surface area contributed by atoms with Gasteiger partial charge in [-0.1, -0.05) is 12.1 Å². The zero-order valence-electron chi connectivity index (χ0n) is 15.3. The van der Waals surface area contributed by atoms with Gasteiger partial charge in [0.05, 0.1) is 6.04 Å². The molecule has 1 aromatic carbocycles. The summed E-state index contributed by atoms with van der Waals surface area (Å²) < 4.78 is 15.2. The summed E-state index contributed by atoms with van der Waals surface area (Å²) in [5.74, 6) is -0.0666. The maximum atomic E-state index is 13.6. The van der Waals surface area contributed by atoms with Gasteiger partial charge in [0.2, 0.25) is 5.91 Å². The number of amides is 2. The molecule has 0 bridgehead atoms. The molecule has 0 spiro atoms. The van der Waals surface area contributed by atoms with Crippen molar-refractivity contribution < 1.29 is 14.0 Å². The molecular formula is C20H23FN4O2. The van der Waals surface area contributed by atoms with Gasteiger partial charge in [-0.2, -0.15) is 5.10 Å². The number of aromatic nitrogens is 2. The average molecular weight is 370 g/mol. The smallest absolute Gasteiger partial charge is 0.274 e. The minimum Gasteiger partial charge on any atom is -0.335 e. The summed E-state index contributed by atoms with van der Waals surface area (Å²) in [5.41, 5.74) is 1.20. The molecule has 3 heterocycles. The van der Waals surface area contributed by atoms with E-state index >= 15 is 0 Å². The third-order valence-electron chi connectivity index (χ3n) is 5.55. The lowest BCUT2D eigenvalue weighted by molar-refractivity contribution is -0.133. The molecule has 1 aromatic heterocycles. The highest BCUT2D eigenvalue weighted by Gasteiger charge is 2.42. The normalized spacial score (nSPS) is 22.7. The van der Waals surface area contributed by atoms with E-state index in [1.165, 1.54) is 12.1 Å². The van der Waals surface area contributed by atoms with Crippen molar-refractivity contribution in [1.82, 2.24) is 19.6 Å². The summed E-state index contributed by atoms with van der Waals surface area (Å²) in [5, 5.41) is 4.21. The molecule has 4 rings (SSSR count). The maximum Gasteiger partial charge on any atom is 0.274 e. The third kappa shape index (κ3) is 3.59. The van der Waals surface area contributed by atoms with Crippen LogP contribution in [0.25, 0.3) is 0 Å². The Morgan fingerprint density at radius 1 is 1.30 bits per heavy atom. The van der Waals surface area contributed by atoms with E-state index in [0.29, 0.717) is 31.7 Å². The van der Waals surface area contributed by atoms with Gasteiger partial charge in [0.1, 0.15) is 11.5 Å². The highest BCUT2D eigenvalue weighted by atomic mass is 19.1. The molecular weight excluding hydrogens is 347 g/mol. The lowest BCUT2D eigenvalue weighted by Gasteiger charge is -2.30. The summed E-state index contributed by atoms with van der Waals surface area (Å²) in [6, 6.07) is 8.05. The van der Waals surface area contributed by atoms with Gasteiger partial charge in [0.15, 0.2) is 0 Å². The van der Waals surface area contributed by atoms with Crippen LogP contribution in [0.5, 0.6) is 0 Å². The standard InChI is InChI=1S/C20H23FN4O2/c1-23-9-8-17(22-23)20(27)24-12-15-5-3-7-19(26)25(18(15)13-24)11-14-4-2-6-16(21)10-14/h2,4,6,8-10,15,18H,3,5,7,11-13H2,1H3/t15-,18+/m1/s1. The molecule has 2 aliphatic rings. The number of benzene rings is 1. The molecule has 0 N–H and O–H groups in total. The van der Waals surface area contributed by atoms with Crippen molar-refractivity contribution in [2.24, 2.45) is 13.0 Å². The summed E-state index contributed by atoms with van der Waals surface area (Å²) in [6.07, 6.45) is 4.00. The lowest BCUT2D eigenvalue weighted by atomic mass is 9.98. The van der Waals surface area contributed by atoms with E-state index in [9.17, 15) is 14.0 Å². The van der Waals surface area contributed by atoms with E-state index < -0.39 is 0 Å². The van der Waals surface area contributed by atoms with Gasteiger partial charge in [0.25, 0.3) is 5.91 Å². The maximum absolute atomic E-state index is 13.6. The number of fused-ring (bicyclic) bond motifs is 1. The van der Waals surface area contributed by atoms with Crippen molar-refractivity contribution in [2.75, 3.05) is 13.1 Å². The molecule has 0 saturated carbocycles. The molecule has 142 valence electrons. The van der Waals surface area contributed by atoms with Crippen LogP contribution in [0.15, 0.2) is 36.5 Å². The topological polar surface area (TPSA) is 58.4 Å². The van der Waals surface area contributed by atoms with Crippen molar-refractivity contribution in [1.29, 1.82) is 0 Å². The zero-order chi connectivity index (χ0) is 19.0. The number of rotatable bonds is 3. The fourth-order valence-electron chi connectivity index (χ4n) is 4.23. The second kappa shape index (κ2) is 7.13. The average Bonchev–Trinajstić information content (AvgIpc) is 3.22. The monoisotopic (exact) mass is 370 g/mol. The Morgan fingerprint density at radius 2 is 2.15 bits per heavy atom. The fraction of sp³-hybridized carbons (Fsp3) is 0.450. The molecule has 27 heavy (non-hydrogen) atoms. The Kier molecular flexibility index (Phi) is 4.68. The number of aryl methyl sites for hydroxylation is 1. The van der Waals surface area contributed by atoms with Crippen LogP contribution in [0.4, 0.5) is 4.39 Å². The van der Waals surface area contributed by atoms with Gasteiger partial charge < -0.3 is 9.80 Å². The summed E-state index contributed by atoms with van der Waals surface area (Å²) in [6.45, 7) is 1.51. The molecule has 2 amide bonds. The molecule has 2 aromatic rings. The lowest BCUT2D eigenvalue weighted by Crippen LogP contribution is -2.43. The van der Waals surface area contributed by atoms with Crippen LogP contribution in [0, 0.1) is 11.7 Å². The molecule has 0 radical (unpaired) electrons. The summed E-state index contributed by atoms with van der Waals surface area (Å²) >= 11 is 0. The molecule has 2 saturated heterocycles. The van der Waals surface area contributed by atoms with E-state index in [-0.39, 0.29) is 29.6 Å². The number of carbonyl (C=O) groups excluding carboxylic acids is 2. The van der Waals surface area contributed by atoms with Gasteiger partial charge in [0, 0.05) is 39.3 Å². The zero-order valence-corrected chi connectivity index (χ0v) is 15.3. The first-order valence-electron chi connectivity index (χ1n) is 9.34. The Balaban J connectivity index is 1.55. The van der Waals surface area contributed by atoms with Crippen molar-refractivity contribution in [2.45, 2.75) is 31.8 Å². The van der Waals surface area contributed by atoms with Crippen molar-refractivity contribution >= 4 is 11.8 Å². The van der Waals surface area contributed by atoms with Crippen molar-refractivity contribution in [3.8, 4) is 0 Å². The quantitative estimate of drug-likeness (QED) is 0.832. The van der Waals surface area contributed by atoms with Crippen LogP contribution >= 0.6 is 0 Å². The highest BCUT2D eigenvalue weighted by Crippen LogP contribution is 2.32. The van der Waals surface area contributed by atoms with E-state index in [1.54, 1.807) is 35.0 Å². The second-order valence-electron chi connectivity index (χ2n) is 7.46. The molecule has 0 aliphatic carbocycles. The van der Waals surface area contributed by atoms with Crippen LogP contribution in [-0.4, -0.2) is 50.5 Å². The van der Waals surface area contributed by atoms with Crippen LogP contribution in [0.2, 0.25) is 0 Å². The first-order valence-corrected chi connectivity index (χ1v) is 9.34. The van der Waals surface area contributed by atoms with E-state index in [4.69, 9.17) is 0 Å². The number of likely N-dealkylation sites (tertiary alicyclic amines) is 2. The SMILES string of the molecule is Cn1ccc(C(=O)N2C[C@H]3CCCC(=O)N(Cc4cccc(F)c4)[C@H]3C2)n1. The van der Waals surface area contributed by atoms with E-state index in [0.717, 1.165) is 18.4 Å². The number of hydrogen-bond donors (Lipinski definition) is 0. The van der Waals surface area contributed by atoms with Crippen molar-refractivity contribution in [3.63, 3.8) is 0 Å². The number of hydrogen-bond acceptors (Lipinski definition) is 3. The van der Waals surface area contributed by atoms with Gasteiger partial charge in [-0.3, -0.25) is 14.3 Å². The molecule has 2 aliphatic heterocycles. The van der Waals surface area contributed by atoms with Crippen molar-refractivity contribution in [3.05, 3.63) is 53.6 Å². The Bertz CT molecular complexity index is 865. The Hall–Kier alpha value is -2.70. The third-order valence-corrected chi connectivity index (χ3v) is 5.55. The molecule has 0 unspecified atom stereocenters. The predicted octanol–water partition coefficient (Wildman–Crippen LogP) is 2.21.